The van der Waals surface area contributed by atoms with Crippen LogP contribution in [0.3, 0.4) is 0 Å². The van der Waals surface area contributed by atoms with Crippen molar-refractivity contribution < 1.29 is 9.53 Å². The van der Waals surface area contributed by atoms with E-state index in [9.17, 15) is 4.79 Å². The van der Waals surface area contributed by atoms with Crippen LogP contribution >= 0.6 is 11.6 Å². The van der Waals surface area contributed by atoms with Crippen LogP contribution in [0.2, 0.25) is 5.02 Å². The van der Waals surface area contributed by atoms with E-state index in [-0.39, 0.29) is 5.91 Å². The van der Waals surface area contributed by atoms with Gasteiger partial charge in [-0.3, -0.25) is 9.36 Å². The molecule has 0 saturated heterocycles. The Bertz CT molecular complexity index is 889. The van der Waals surface area contributed by atoms with E-state index in [2.05, 4.69) is 10.3 Å². The van der Waals surface area contributed by atoms with Gasteiger partial charge in [0.2, 0.25) is 0 Å². The van der Waals surface area contributed by atoms with Crippen LogP contribution in [0, 0.1) is 6.92 Å². The zero-order valence-corrected chi connectivity index (χ0v) is 14.3. The number of ether oxygens (including phenoxy) is 1. The van der Waals surface area contributed by atoms with E-state index in [1.165, 1.54) is 0 Å². The maximum atomic E-state index is 12.1. The number of nitrogens with zero attached hydrogens (tertiary/aromatic N) is 2. The van der Waals surface area contributed by atoms with Gasteiger partial charge >= 0.3 is 0 Å². The topological polar surface area (TPSA) is 56.1 Å². The molecule has 3 aromatic rings. The highest BCUT2D eigenvalue weighted by atomic mass is 35.5. The molecule has 0 fully saturated rings. The molecule has 2 aromatic carbocycles. The summed E-state index contributed by atoms with van der Waals surface area (Å²) in [5.74, 6) is -0.137. The molecule has 6 heteroatoms. The lowest BCUT2D eigenvalue weighted by atomic mass is 10.1. The maximum absolute atomic E-state index is 12.1. The molecule has 0 aliphatic carbocycles. The van der Waals surface area contributed by atoms with Crippen LogP contribution in [-0.4, -0.2) is 35.7 Å². The molecule has 3 rings (SSSR count). The van der Waals surface area contributed by atoms with Gasteiger partial charge < -0.3 is 10.1 Å². The van der Waals surface area contributed by atoms with E-state index in [0.29, 0.717) is 23.7 Å². The predicted octanol–water partition coefficient (Wildman–Crippen LogP) is 3.36. The maximum Gasteiger partial charge on any atom is 0.251 e. The summed E-state index contributed by atoms with van der Waals surface area (Å²) < 4.78 is 6.88. The second-order valence-corrected chi connectivity index (χ2v) is 5.91. The highest BCUT2D eigenvalue weighted by Gasteiger charge is 2.10. The number of carbonyl (C=O) groups is 1. The van der Waals surface area contributed by atoms with Crippen LogP contribution < -0.4 is 5.32 Å². The van der Waals surface area contributed by atoms with Gasteiger partial charge in [-0.15, -0.1) is 0 Å². The lowest BCUT2D eigenvalue weighted by Crippen LogP contribution is -2.26. The quantitative estimate of drug-likeness (QED) is 0.723. The predicted molar refractivity (Wildman–Crippen MR) is 95.0 cm³/mol. The number of methoxy groups -OCH3 is 1. The normalized spacial score (nSPS) is 11.0. The Labute approximate surface area is 145 Å². The molecular weight excluding hydrogens is 326 g/mol. The number of aromatic nitrogens is 2. The van der Waals surface area contributed by atoms with Gasteiger partial charge in [-0.1, -0.05) is 17.7 Å². The average molecular weight is 344 g/mol. The molecule has 0 radical (unpaired) electrons. The first-order chi connectivity index (χ1) is 11.6. The van der Waals surface area contributed by atoms with Crippen molar-refractivity contribution in [1.82, 2.24) is 14.9 Å². The SMILES string of the molecule is COCCNC(=O)c1ccc2c(c1)ncn2-c1ccc(C)c(Cl)c1. The zero-order chi connectivity index (χ0) is 17.1. The standard InChI is InChI=1S/C18H18ClN3O2/c1-12-3-5-14(10-15(12)19)22-11-21-16-9-13(4-6-17(16)22)18(23)20-7-8-24-2/h3-6,9-11H,7-8H2,1-2H3,(H,20,23). The van der Waals surface area contributed by atoms with Crippen LogP contribution in [0.1, 0.15) is 15.9 Å². The Morgan fingerprint density at radius 1 is 1.29 bits per heavy atom. The van der Waals surface area contributed by atoms with Crippen molar-refractivity contribution in [1.29, 1.82) is 0 Å². The minimum absolute atomic E-state index is 0.137. The second-order valence-electron chi connectivity index (χ2n) is 5.50. The van der Waals surface area contributed by atoms with Gasteiger partial charge in [0, 0.05) is 29.9 Å². The molecule has 1 heterocycles. The van der Waals surface area contributed by atoms with E-state index in [1.54, 1.807) is 25.6 Å². The summed E-state index contributed by atoms with van der Waals surface area (Å²) in [6, 6.07) is 11.3. The number of fused-ring (bicyclic) bond motifs is 1. The summed E-state index contributed by atoms with van der Waals surface area (Å²) in [6.07, 6.45) is 1.73. The summed E-state index contributed by atoms with van der Waals surface area (Å²) in [6.45, 7) is 2.92. The Morgan fingerprint density at radius 2 is 2.12 bits per heavy atom. The van der Waals surface area contributed by atoms with E-state index in [1.807, 2.05) is 35.8 Å². The van der Waals surface area contributed by atoms with E-state index in [0.717, 1.165) is 22.3 Å². The largest absolute Gasteiger partial charge is 0.383 e. The van der Waals surface area contributed by atoms with Crippen molar-refractivity contribution >= 4 is 28.5 Å². The first kappa shape index (κ1) is 16.5. The third-order valence-corrected chi connectivity index (χ3v) is 4.24. The lowest BCUT2D eigenvalue weighted by Gasteiger charge is -2.07. The molecule has 124 valence electrons. The van der Waals surface area contributed by atoms with Crippen LogP contribution in [0.5, 0.6) is 0 Å². The highest BCUT2D eigenvalue weighted by Crippen LogP contribution is 2.23. The molecule has 0 aliphatic heterocycles. The third-order valence-electron chi connectivity index (χ3n) is 3.83. The number of benzene rings is 2. The molecule has 0 atom stereocenters. The molecule has 24 heavy (non-hydrogen) atoms. The van der Waals surface area contributed by atoms with Crippen molar-refractivity contribution in [2.24, 2.45) is 0 Å². The molecule has 0 bridgehead atoms. The van der Waals surface area contributed by atoms with Gasteiger partial charge in [-0.2, -0.15) is 0 Å². The van der Waals surface area contributed by atoms with Crippen LogP contribution in [0.25, 0.3) is 16.7 Å². The van der Waals surface area contributed by atoms with Gasteiger partial charge in [0.25, 0.3) is 5.91 Å². The van der Waals surface area contributed by atoms with Gasteiger partial charge in [0.15, 0.2) is 0 Å². The van der Waals surface area contributed by atoms with Gasteiger partial charge in [-0.05, 0) is 42.8 Å². The van der Waals surface area contributed by atoms with Gasteiger partial charge in [0.05, 0.1) is 17.6 Å². The first-order valence-electron chi connectivity index (χ1n) is 7.61. The van der Waals surface area contributed by atoms with Crippen molar-refractivity contribution in [3.8, 4) is 5.69 Å². The molecule has 5 nitrogen and oxygen atoms in total. The molecule has 0 saturated carbocycles. The molecule has 1 N–H and O–H groups in total. The van der Waals surface area contributed by atoms with Crippen molar-refractivity contribution in [2.75, 3.05) is 20.3 Å². The Balaban J connectivity index is 1.91. The second kappa shape index (κ2) is 7.03. The Kier molecular flexibility index (Phi) is 4.83. The van der Waals surface area contributed by atoms with Crippen LogP contribution in [0.15, 0.2) is 42.7 Å². The van der Waals surface area contributed by atoms with Crippen LogP contribution in [0.4, 0.5) is 0 Å². The molecular formula is C18H18ClN3O2. The van der Waals surface area contributed by atoms with Crippen LogP contribution in [-0.2, 0) is 4.74 Å². The average Bonchev–Trinajstić information content (AvgIpc) is 3.00. The minimum Gasteiger partial charge on any atom is -0.383 e. The summed E-state index contributed by atoms with van der Waals surface area (Å²) in [7, 11) is 1.60. The number of hydrogen-bond acceptors (Lipinski definition) is 3. The molecule has 0 aliphatic rings. The van der Waals surface area contributed by atoms with Gasteiger partial charge in [0.1, 0.15) is 6.33 Å². The molecule has 1 amide bonds. The monoisotopic (exact) mass is 343 g/mol. The van der Waals surface area contributed by atoms with E-state index >= 15 is 0 Å². The summed E-state index contributed by atoms with van der Waals surface area (Å²) in [5, 5.41) is 3.51. The number of halogens is 1. The third kappa shape index (κ3) is 3.27. The highest BCUT2D eigenvalue weighted by molar-refractivity contribution is 6.31. The molecule has 0 unspecified atom stereocenters. The summed E-state index contributed by atoms with van der Waals surface area (Å²) in [4.78, 5) is 16.5. The molecule has 0 spiro atoms. The minimum atomic E-state index is -0.137. The summed E-state index contributed by atoms with van der Waals surface area (Å²) >= 11 is 6.21. The smallest absolute Gasteiger partial charge is 0.251 e. The summed E-state index contributed by atoms with van der Waals surface area (Å²) in [5.41, 5.74) is 4.21. The first-order valence-corrected chi connectivity index (χ1v) is 7.98. The number of rotatable bonds is 5. The Morgan fingerprint density at radius 3 is 2.88 bits per heavy atom. The zero-order valence-electron chi connectivity index (χ0n) is 13.5. The number of hydrogen-bond donors (Lipinski definition) is 1. The fourth-order valence-corrected chi connectivity index (χ4v) is 2.63. The van der Waals surface area contributed by atoms with Gasteiger partial charge in [-0.25, -0.2) is 4.98 Å². The van der Waals surface area contributed by atoms with E-state index in [4.69, 9.17) is 16.3 Å². The number of aryl methyl sites for hydroxylation is 1. The molecule has 1 aromatic heterocycles. The Hall–Kier alpha value is -2.37. The number of nitrogens with one attached hydrogen (secondary N) is 1. The number of imidazole rings is 1. The fraction of sp³-hybridized carbons (Fsp3) is 0.222. The van der Waals surface area contributed by atoms with Crippen molar-refractivity contribution in [2.45, 2.75) is 6.92 Å². The number of carbonyl (C=O) groups excluding carboxylic acids is 1. The fourth-order valence-electron chi connectivity index (χ4n) is 2.46. The number of amides is 1. The van der Waals surface area contributed by atoms with Crippen molar-refractivity contribution in [3.63, 3.8) is 0 Å². The lowest BCUT2D eigenvalue weighted by molar-refractivity contribution is 0.0937. The van der Waals surface area contributed by atoms with E-state index < -0.39 is 0 Å². The van der Waals surface area contributed by atoms with Crippen molar-refractivity contribution in [3.05, 3.63) is 58.9 Å².